The molecule has 9 heteroatoms. The monoisotopic (exact) mass is 463 g/mol. The van der Waals surface area contributed by atoms with Crippen molar-refractivity contribution in [1.82, 2.24) is 10.2 Å². The zero-order chi connectivity index (χ0) is 23.9. The first-order chi connectivity index (χ1) is 16.6. The SMILES string of the molecule is COc1cc(/C=C(\C#N)C(=O)NCc2ccc3c(c2)OCO3)ccc1OCC(=O)N1CCCC1. The molecule has 0 aromatic heterocycles. The van der Waals surface area contributed by atoms with Crippen LogP contribution in [0.1, 0.15) is 24.0 Å². The van der Waals surface area contributed by atoms with Gasteiger partial charge in [0.1, 0.15) is 11.6 Å². The number of rotatable bonds is 8. The summed E-state index contributed by atoms with van der Waals surface area (Å²) in [5.74, 6) is 1.54. The average Bonchev–Trinajstić information content (AvgIpc) is 3.56. The topological polar surface area (TPSA) is 110 Å². The van der Waals surface area contributed by atoms with Crippen LogP contribution in [-0.4, -0.2) is 50.3 Å². The number of nitriles is 1. The number of nitrogens with one attached hydrogen (secondary N) is 1. The first-order valence-electron chi connectivity index (χ1n) is 10.9. The van der Waals surface area contributed by atoms with E-state index in [9.17, 15) is 14.9 Å². The second-order valence-electron chi connectivity index (χ2n) is 7.83. The van der Waals surface area contributed by atoms with Gasteiger partial charge in [0, 0.05) is 19.6 Å². The zero-order valence-corrected chi connectivity index (χ0v) is 18.8. The molecule has 4 rings (SSSR count). The van der Waals surface area contributed by atoms with Gasteiger partial charge in [-0.1, -0.05) is 12.1 Å². The van der Waals surface area contributed by atoms with E-state index in [1.807, 2.05) is 12.1 Å². The molecule has 2 aromatic rings. The summed E-state index contributed by atoms with van der Waals surface area (Å²) in [7, 11) is 1.49. The Bertz CT molecular complexity index is 1150. The molecule has 1 N–H and O–H groups in total. The third-order valence-electron chi connectivity index (χ3n) is 5.56. The summed E-state index contributed by atoms with van der Waals surface area (Å²) in [4.78, 5) is 26.6. The molecule has 0 saturated carbocycles. The Labute approximate surface area is 197 Å². The highest BCUT2D eigenvalue weighted by Gasteiger charge is 2.19. The van der Waals surface area contributed by atoms with Crippen molar-refractivity contribution in [3.05, 3.63) is 53.1 Å². The van der Waals surface area contributed by atoms with E-state index in [4.69, 9.17) is 18.9 Å². The fourth-order valence-electron chi connectivity index (χ4n) is 3.73. The predicted octanol–water partition coefficient (Wildman–Crippen LogP) is 2.65. The van der Waals surface area contributed by atoms with Crippen LogP contribution in [0, 0.1) is 11.3 Å². The molecule has 0 atom stereocenters. The number of fused-ring (bicyclic) bond motifs is 1. The Morgan fingerprint density at radius 2 is 1.91 bits per heavy atom. The molecule has 2 aliphatic rings. The Morgan fingerprint density at radius 1 is 1.12 bits per heavy atom. The van der Waals surface area contributed by atoms with Crippen molar-refractivity contribution in [3.63, 3.8) is 0 Å². The van der Waals surface area contributed by atoms with Crippen LogP contribution in [0.25, 0.3) is 6.08 Å². The van der Waals surface area contributed by atoms with E-state index in [2.05, 4.69) is 5.32 Å². The lowest BCUT2D eigenvalue weighted by Crippen LogP contribution is -2.32. The number of carbonyl (C=O) groups is 2. The molecule has 176 valence electrons. The van der Waals surface area contributed by atoms with Crippen molar-refractivity contribution in [2.24, 2.45) is 0 Å². The van der Waals surface area contributed by atoms with Gasteiger partial charge in [0.2, 0.25) is 6.79 Å². The minimum Gasteiger partial charge on any atom is -0.493 e. The lowest BCUT2D eigenvalue weighted by atomic mass is 10.1. The second kappa shape index (κ2) is 10.6. The summed E-state index contributed by atoms with van der Waals surface area (Å²) in [6, 6.07) is 12.3. The molecule has 34 heavy (non-hydrogen) atoms. The van der Waals surface area contributed by atoms with E-state index < -0.39 is 5.91 Å². The molecule has 2 aromatic carbocycles. The van der Waals surface area contributed by atoms with Gasteiger partial charge in [-0.2, -0.15) is 5.26 Å². The lowest BCUT2D eigenvalue weighted by Gasteiger charge is -2.16. The van der Waals surface area contributed by atoms with Crippen LogP contribution in [0.3, 0.4) is 0 Å². The number of nitrogens with zero attached hydrogens (tertiary/aromatic N) is 2. The maximum absolute atomic E-state index is 12.6. The second-order valence-corrected chi connectivity index (χ2v) is 7.83. The zero-order valence-electron chi connectivity index (χ0n) is 18.8. The number of benzene rings is 2. The van der Waals surface area contributed by atoms with Gasteiger partial charge in [0.25, 0.3) is 11.8 Å². The molecule has 1 fully saturated rings. The van der Waals surface area contributed by atoms with Crippen LogP contribution in [0.2, 0.25) is 0 Å². The highest BCUT2D eigenvalue weighted by Crippen LogP contribution is 2.32. The van der Waals surface area contributed by atoms with E-state index in [1.165, 1.54) is 13.2 Å². The molecule has 0 aliphatic carbocycles. The maximum Gasteiger partial charge on any atom is 0.262 e. The number of carbonyl (C=O) groups excluding carboxylic acids is 2. The summed E-state index contributed by atoms with van der Waals surface area (Å²) in [6.07, 6.45) is 3.50. The number of amides is 2. The quantitative estimate of drug-likeness (QED) is 0.473. The molecular formula is C25H25N3O6. The van der Waals surface area contributed by atoms with Crippen LogP contribution in [0.4, 0.5) is 0 Å². The summed E-state index contributed by atoms with van der Waals surface area (Å²) < 4.78 is 21.6. The third kappa shape index (κ3) is 5.41. The normalized spacial score (nSPS) is 14.5. The predicted molar refractivity (Wildman–Crippen MR) is 122 cm³/mol. The summed E-state index contributed by atoms with van der Waals surface area (Å²) in [5, 5.41) is 12.2. The molecule has 1 saturated heterocycles. The third-order valence-corrected chi connectivity index (χ3v) is 5.56. The Kier molecular flexibility index (Phi) is 7.18. The number of hydrogen-bond acceptors (Lipinski definition) is 7. The molecule has 0 spiro atoms. The minimum atomic E-state index is -0.504. The van der Waals surface area contributed by atoms with Gasteiger partial charge in [-0.25, -0.2) is 0 Å². The lowest BCUT2D eigenvalue weighted by molar-refractivity contribution is -0.132. The van der Waals surface area contributed by atoms with Crippen LogP contribution < -0.4 is 24.3 Å². The molecule has 2 aliphatic heterocycles. The Morgan fingerprint density at radius 3 is 2.68 bits per heavy atom. The standard InChI is InChI=1S/C25H25N3O6/c1-31-22-11-17(4-6-20(22)32-15-24(29)28-8-2-3-9-28)10-19(13-26)25(30)27-14-18-5-7-21-23(12-18)34-16-33-21/h4-7,10-12H,2-3,8-9,14-16H2,1H3,(H,27,30)/b19-10+. The van der Waals surface area contributed by atoms with Gasteiger partial charge in [0.05, 0.1) is 7.11 Å². The molecule has 0 bridgehead atoms. The molecule has 2 amide bonds. The van der Waals surface area contributed by atoms with Crippen LogP contribution in [0.5, 0.6) is 23.0 Å². The van der Waals surface area contributed by atoms with E-state index in [0.717, 1.165) is 31.5 Å². The van der Waals surface area contributed by atoms with Crippen molar-refractivity contribution in [3.8, 4) is 29.1 Å². The Hall–Kier alpha value is -4.19. The molecular weight excluding hydrogens is 438 g/mol. The number of methoxy groups -OCH3 is 1. The average molecular weight is 463 g/mol. The van der Waals surface area contributed by atoms with Gasteiger partial charge in [-0.3, -0.25) is 9.59 Å². The highest BCUT2D eigenvalue weighted by atomic mass is 16.7. The van der Waals surface area contributed by atoms with Crippen LogP contribution in [-0.2, 0) is 16.1 Å². The van der Waals surface area contributed by atoms with Crippen molar-refractivity contribution < 1.29 is 28.5 Å². The first-order valence-corrected chi connectivity index (χ1v) is 10.9. The smallest absolute Gasteiger partial charge is 0.262 e. The van der Waals surface area contributed by atoms with Gasteiger partial charge in [0.15, 0.2) is 29.6 Å². The molecule has 0 unspecified atom stereocenters. The summed E-state index contributed by atoms with van der Waals surface area (Å²) in [5.41, 5.74) is 1.35. The molecule has 2 heterocycles. The van der Waals surface area contributed by atoms with Gasteiger partial charge in [-0.15, -0.1) is 0 Å². The maximum atomic E-state index is 12.6. The van der Waals surface area contributed by atoms with E-state index in [1.54, 1.807) is 35.2 Å². The van der Waals surface area contributed by atoms with E-state index in [0.29, 0.717) is 28.6 Å². The molecule has 0 radical (unpaired) electrons. The van der Waals surface area contributed by atoms with Gasteiger partial charge in [-0.05, 0) is 54.3 Å². The van der Waals surface area contributed by atoms with E-state index >= 15 is 0 Å². The summed E-state index contributed by atoms with van der Waals surface area (Å²) in [6.45, 7) is 1.86. The van der Waals surface area contributed by atoms with Crippen molar-refractivity contribution in [2.45, 2.75) is 19.4 Å². The number of ether oxygens (including phenoxy) is 4. The fraction of sp³-hybridized carbons (Fsp3) is 0.320. The van der Waals surface area contributed by atoms with E-state index in [-0.39, 0.29) is 31.4 Å². The minimum absolute atomic E-state index is 0.0549. The van der Waals surface area contributed by atoms with Crippen LogP contribution >= 0.6 is 0 Å². The largest absolute Gasteiger partial charge is 0.493 e. The van der Waals surface area contributed by atoms with Crippen molar-refractivity contribution in [2.75, 3.05) is 33.6 Å². The first kappa shape index (κ1) is 23.0. The van der Waals surface area contributed by atoms with Crippen LogP contribution in [0.15, 0.2) is 42.0 Å². The summed E-state index contributed by atoms with van der Waals surface area (Å²) >= 11 is 0. The highest BCUT2D eigenvalue weighted by molar-refractivity contribution is 6.01. The van der Waals surface area contributed by atoms with Gasteiger partial charge < -0.3 is 29.2 Å². The van der Waals surface area contributed by atoms with Gasteiger partial charge >= 0.3 is 0 Å². The Balaban J connectivity index is 1.38. The fourth-order valence-corrected chi connectivity index (χ4v) is 3.73. The molecule has 9 nitrogen and oxygen atoms in total. The van der Waals surface area contributed by atoms with Crippen molar-refractivity contribution >= 4 is 17.9 Å². The van der Waals surface area contributed by atoms with Crippen molar-refractivity contribution in [1.29, 1.82) is 5.26 Å². The number of hydrogen-bond donors (Lipinski definition) is 1. The number of likely N-dealkylation sites (tertiary alicyclic amines) is 1.